The Bertz CT molecular complexity index is 413. The second kappa shape index (κ2) is 7.67. The number of fused-ring (bicyclic) bond motifs is 1. The molecule has 0 saturated heterocycles. The SMILES string of the molecule is CC.CCCNC1CCc2cccc(C(F)(F)F)c2C1. The summed E-state index contributed by atoms with van der Waals surface area (Å²) < 4.78 is 38.8. The molecule has 20 heavy (non-hydrogen) atoms. The standard InChI is InChI=1S/C14H18F3N.C2H6/c1-2-8-18-11-7-6-10-4-3-5-13(12(10)9-11)14(15,16)17;1-2/h3-5,11,18H,2,6-9H2,1H3;1-2H3. The third-order valence-electron chi connectivity index (χ3n) is 3.47. The second-order valence-electron chi connectivity index (χ2n) is 4.83. The summed E-state index contributed by atoms with van der Waals surface area (Å²) >= 11 is 0. The van der Waals surface area contributed by atoms with Gasteiger partial charge < -0.3 is 5.32 Å². The van der Waals surface area contributed by atoms with Gasteiger partial charge >= 0.3 is 6.18 Å². The largest absolute Gasteiger partial charge is 0.416 e. The summed E-state index contributed by atoms with van der Waals surface area (Å²) in [6, 6.07) is 4.71. The minimum absolute atomic E-state index is 0.181. The van der Waals surface area contributed by atoms with Crippen molar-refractivity contribution >= 4 is 0 Å². The number of aryl methyl sites for hydroxylation is 1. The minimum Gasteiger partial charge on any atom is -0.314 e. The van der Waals surface area contributed by atoms with Crippen LogP contribution in [0.4, 0.5) is 13.2 Å². The van der Waals surface area contributed by atoms with E-state index in [0.29, 0.717) is 12.0 Å². The molecule has 0 amide bonds. The number of hydrogen-bond acceptors (Lipinski definition) is 1. The Morgan fingerprint density at radius 1 is 1.25 bits per heavy atom. The summed E-state index contributed by atoms with van der Waals surface area (Å²) in [5.41, 5.74) is 0.896. The molecule has 1 aromatic rings. The second-order valence-corrected chi connectivity index (χ2v) is 4.83. The maximum atomic E-state index is 12.9. The molecule has 1 N–H and O–H groups in total. The van der Waals surface area contributed by atoms with Gasteiger partial charge in [0.25, 0.3) is 0 Å². The predicted octanol–water partition coefficient (Wildman–Crippen LogP) is 4.59. The zero-order valence-corrected chi connectivity index (χ0v) is 12.5. The van der Waals surface area contributed by atoms with E-state index < -0.39 is 11.7 Å². The molecule has 0 aromatic heterocycles. The lowest BCUT2D eigenvalue weighted by Crippen LogP contribution is -2.36. The van der Waals surface area contributed by atoms with Crippen LogP contribution in [0.25, 0.3) is 0 Å². The van der Waals surface area contributed by atoms with Gasteiger partial charge in [-0.05, 0) is 49.4 Å². The highest BCUT2D eigenvalue weighted by atomic mass is 19.4. The molecular formula is C16H24F3N. The van der Waals surface area contributed by atoms with E-state index in [2.05, 4.69) is 12.2 Å². The lowest BCUT2D eigenvalue weighted by atomic mass is 9.85. The molecule has 0 fully saturated rings. The first-order chi connectivity index (χ1) is 9.52. The summed E-state index contributed by atoms with van der Waals surface area (Å²) in [5, 5.41) is 3.32. The van der Waals surface area contributed by atoms with E-state index in [0.717, 1.165) is 31.4 Å². The first-order valence-electron chi connectivity index (χ1n) is 7.43. The maximum absolute atomic E-state index is 12.9. The van der Waals surface area contributed by atoms with Crippen LogP contribution in [0.5, 0.6) is 0 Å². The number of rotatable bonds is 3. The summed E-state index contributed by atoms with van der Waals surface area (Å²) in [4.78, 5) is 0. The van der Waals surface area contributed by atoms with Gasteiger partial charge in [0.1, 0.15) is 0 Å². The van der Waals surface area contributed by atoms with Gasteiger partial charge in [-0.3, -0.25) is 0 Å². The van der Waals surface area contributed by atoms with Gasteiger partial charge in [0, 0.05) is 6.04 Å². The molecule has 4 heteroatoms. The Morgan fingerprint density at radius 2 is 1.95 bits per heavy atom. The van der Waals surface area contributed by atoms with Crippen molar-refractivity contribution in [3.05, 3.63) is 34.9 Å². The van der Waals surface area contributed by atoms with Crippen molar-refractivity contribution in [2.45, 2.75) is 58.7 Å². The molecule has 1 atom stereocenters. The maximum Gasteiger partial charge on any atom is 0.416 e. The van der Waals surface area contributed by atoms with Gasteiger partial charge in [-0.25, -0.2) is 0 Å². The predicted molar refractivity (Wildman–Crippen MR) is 76.9 cm³/mol. The number of benzene rings is 1. The van der Waals surface area contributed by atoms with Crippen LogP contribution in [-0.4, -0.2) is 12.6 Å². The molecule has 0 saturated carbocycles. The van der Waals surface area contributed by atoms with Crippen molar-refractivity contribution in [2.24, 2.45) is 0 Å². The normalized spacial score (nSPS) is 18.0. The Kier molecular flexibility index (Phi) is 6.53. The van der Waals surface area contributed by atoms with Gasteiger partial charge in [-0.1, -0.05) is 32.9 Å². The molecule has 0 aliphatic heterocycles. The summed E-state index contributed by atoms with van der Waals surface area (Å²) in [7, 11) is 0. The van der Waals surface area contributed by atoms with Crippen LogP contribution in [0, 0.1) is 0 Å². The van der Waals surface area contributed by atoms with Crippen LogP contribution in [-0.2, 0) is 19.0 Å². The number of hydrogen-bond donors (Lipinski definition) is 1. The summed E-state index contributed by atoms with van der Waals surface area (Å²) in [5.74, 6) is 0. The Morgan fingerprint density at radius 3 is 2.55 bits per heavy atom. The van der Waals surface area contributed by atoms with E-state index >= 15 is 0 Å². The molecule has 2 rings (SSSR count). The van der Waals surface area contributed by atoms with Gasteiger partial charge in [-0.2, -0.15) is 13.2 Å². The van der Waals surface area contributed by atoms with Crippen LogP contribution in [0.1, 0.15) is 50.3 Å². The Balaban J connectivity index is 0.000000956. The molecule has 0 heterocycles. The topological polar surface area (TPSA) is 12.0 Å². The molecule has 114 valence electrons. The molecule has 0 spiro atoms. The Hall–Kier alpha value is -1.03. The van der Waals surface area contributed by atoms with Gasteiger partial charge in [0.15, 0.2) is 0 Å². The van der Waals surface area contributed by atoms with Crippen molar-refractivity contribution in [3.8, 4) is 0 Å². The average Bonchev–Trinajstić information content (AvgIpc) is 2.45. The van der Waals surface area contributed by atoms with Crippen LogP contribution >= 0.6 is 0 Å². The zero-order valence-electron chi connectivity index (χ0n) is 12.5. The molecule has 1 aliphatic carbocycles. The van der Waals surface area contributed by atoms with Crippen molar-refractivity contribution in [1.82, 2.24) is 5.32 Å². The highest BCUT2D eigenvalue weighted by molar-refractivity contribution is 5.39. The lowest BCUT2D eigenvalue weighted by molar-refractivity contribution is -0.138. The monoisotopic (exact) mass is 287 g/mol. The highest BCUT2D eigenvalue weighted by Crippen LogP contribution is 2.36. The molecule has 1 nitrogen and oxygen atoms in total. The number of nitrogens with one attached hydrogen (secondary N) is 1. The van der Waals surface area contributed by atoms with Crippen molar-refractivity contribution in [1.29, 1.82) is 0 Å². The highest BCUT2D eigenvalue weighted by Gasteiger charge is 2.35. The molecule has 0 radical (unpaired) electrons. The number of alkyl halides is 3. The van der Waals surface area contributed by atoms with Crippen molar-refractivity contribution in [2.75, 3.05) is 6.54 Å². The van der Waals surface area contributed by atoms with E-state index in [4.69, 9.17) is 0 Å². The van der Waals surface area contributed by atoms with Crippen molar-refractivity contribution in [3.63, 3.8) is 0 Å². The quantitative estimate of drug-likeness (QED) is 0.857. The molecular weight excluding hydrogens is 263 g/mol. The fourth-order valence-corrected chi connectivity index (χ4v) is 2.58. The van der Waals surface area contributed by atoms with Gasteiger partial charge in [0.05, 0.1) is 5.56 Å². The van der Waals surface area contributed by atoms with E-state index in [1.165, 1.54) is 12.1 Å². The summed E-state index contributed by atoms with van der Waals surface area (Å²) in [6.07, 6.45) is -1.08. The van der Waals surface area contributed by atoms with Crippen LogP contribution in [0.2, 0.25) is 0 Å². The molecule has 1 aromatic carbocycles. The molecule has 1 aliphatic rings. The van der Waals surface area contributed by atoms with Crippen LogP contribution < -0.4 is 5.32 Å². The third kappa shape index (κ3) is 4.23. The third-order valence-corrected chi connectivity index (χ3v) is 3.47. The van der Waals surface area contributed by atoms with Crippen LogP contribution in [0.3, 0.4) is 0 Å². The first-order valence-corrected chi connectivity index (χ1v) is 7.43. The smallest absolute Gasteiger partial charge is 0.314 e. The fraction of sp³-hybridized carbons (Fsp3) is 0.625. The van der Waals surface area contributed by atoms with E-state index in [1.54, 1.807) is 0 Å². The van der Waals surface area contributed by atoms with Crippen LogP contribution in [0.15, 0.2) is 18.2 Å². The van der Waals surface area contributed by atoms with Gasteiger partial charge in [-0.15, -0.1) is 0 Å². The van der Waals surface area contributed by atoms with E-state index in [9.17, 15) is 13.2 Å². The van der Waals surface area contributed by atoms with E-state index in [-0.39, 0.29) is 6.04 Å². The van der Waals surface area contributed by atoms with Crippen molar-refractivity contribution < 1.29 is 13.2 Å². The minimum atomic E-state index is -4.24. The fourth-order valence-electron chi connectivity index (χ4n) is 2.58. The van der Waals surface area contributed by atoms with E-state index in [1.807, 2.05) is 19.9 Å². The molecule has 1 unspecified atom stereocenters. The molecule has 0 bridgehead atoms. The number of halogens is 3. The Labute approximate surface area is 119 Å². The lowest BCUT2D eigenvalue weighted by Gasteiger charge is -2.28. The first kappa shape index (κ1) is 17.0. The zero-order chi connectivity index (χ0) is 15.2. The summed E-state index contributed by atoms with van der Waals surface area (Å²) in [6.45, 7) is 6.93. The van der Waals surface area contributed by atoms with Gasteiger partial charge in [0.2, 0.25) is 0 Å². The average molecular weight is 287 g/mol.